The van der Waals surface area contributed by atoms with Crippen LogP contribution in [-0.4, -0.2) is 28.3 Å². The van der Waals surface area contributed by atoms with Crippen molar-refractivity contribution in [3.05, 3.63) is 40.8 Å². The van der Waals surface area contributed by atoms with Crippen LogP contribution in [0.5, 0.6) is 0 Å². The van der Waals surface area contributed by atoms with Crippen LogP contribution in [0.1, 0.15) is 17.5 Å². The Morgan fingerprint density at radius 3 is 2.19 bits per heavy atom. The molecule has 4 nitrogen and oxygen atoms in total. The van der Waals surface area contributed by atoms with Crippen LogP contribution in [0.25, 0.3) is 4.91 Å². The molecule has 1 aromatic carbocycles. The van der Waals surface area contributed by atoms with Crippen LogP contribution in [0.15, 0.2) is 29.7 Å². The minimum absolute atomic E-state index is 0.140. The summed E-state index contributed by atoms with van der Waals surface area (Å²) < 4.78 is 86.4. The molecule has 0 atom stereocenters. The van der Waals surface area contributed by atoms with Gasteiger partial charge in [-0.2, -0.15) is 13.2 Å². The Labute approximate surface area is 120 Å². The van der Waals surface area contributed by atoms with Crippen molar-refractivity contribution >= 4 is 24.6 Å². The maximum atomic E-state index is 13.0. The number of hydrogen-bond donors (Lipinski definition) is 0. The first-order chi connectivity index (χ1) is 9.53. The van der Waals surface area contributed by atoms with Gasteiger partial charge in [0.15, 0.2) is 19.7 Å². The van der Waals surface area contributed by atoms with E-state index in [0.29, 0.717) is 5.41 Å². The highest BCUT2D eigenvalue weighted by Gasteiger charge is 2.37. The highest BCUT2D eigenvalue weighted by Crippen LogP contribution is 2.37. The fraction of sp³-hybridized carbons (Fsp3) is 0.333. The van der Waals surface area contributed by atoms with E-state index in [0.717, 1.165) is 18.2 Å². The fourth-order valence-electron chi connectivity index (χ4n) is 2.03. The zero-order valence-electron chi connectivity index (χ0n) is 10.6. The summed E-state index contributed by atoms with van der Waals surface area (Å²) in [6, 6.07) is 4.04. The predicted octanol–water partition coefficient (Wildman–Crippen LogP) is 2.24. The number of alkyl halides is 3. The van der Waals surface area contributed by atoms with Crippen molar-refractivity contribution in [2.24, 2.45) is 0 Å². The van der Waals surface area contributed by atoms with E-state index < -0.39 is 53.4 Å². The molecule has 0 unspecified atom stereocenters. The van der Waals surface area contributed by atoms with Crippen LogP contribution in [0.4, 0.5) is 13.2 Å². The molecular formula is C12H11F3O4S2. The van der Waals surface area contributed by atoms with Crippen LogP contribution in [0.2, 0.25) is 0 Å². The molecule has 1 aliphatic heterocycles. The lowest BCUT2D eigenvalue weighted by atomic mass is 10.1. The van der Waals surface area contributed by atoms with Gasteiger partial charge in [0.25, 0.3) is 0 Å². The maximum Gasteiger partial charge on any atom is 0.417 e. The summed E-state index contributed by atoms with van der Waals surface area (Å²) in [6.45, 7) is 0. The van der Waals surface area contributed by atoms with E-state index in [2.05, 4.69) is 0 Å². The van der Waals surface area contributed by atoms with Crippen molar-refractivity contribution in [3.63, 3.8) is 0 Å². The van der Waals surface area contributed by atoms with E-state index in [9.17, 15) is 30.0 Å². The summed E-state index contributed by atoms with van der Waals surface area (Å²) in [4.78, 5) is -0.784. The summed E-state index contributed by atoms with van der Waals surface area (Å²) >= 11 is 0. The van der Waals surface area contributed by atoms with Crippen LogP contribution in [0, 0.1) is 0 Å². The molecule has 21 heavy (non-hydrogen) atoms. The summed E-state index contributed by atoms with van der Waals surface area (Å²) in [5.74, 6) is -0.895. The molecule has 0 N–H and O–H groups in total. The highest BCUT2D eigenvalue weighted by molar-refractivity contribution is 8.03. The third-order valence-corrected chi connectivity index (χ3v) is 6.40. The van der Waals surface area contributed by atoms with Gasteiger partial charge < -0.3 is 0 Å². The first-order valence-corrected chi connectivity index (χ1v) is 9.23. The van der Waals surface area contributed by atoms with Gasteiger partial charge in [-0.15, -0.1) is 0 Å². The lowest BCUT2D eigenvalue weighted by Gasteiger charge is -2.14. The Hall–Kier alpha value is -1.35. The minimum atomic E-state index is -4.77. The highest BCUT2D eigenvalue weighted by atomic mass is 32.2. The molecule has 0 fully saturated rings. The third kappa shape index (κ3) is 3.46. The summed E-state index contributed by atoms with van der Waals surface area (Å²) in [5, 5.41) is 0.444. The molecule has 9 heteroatoms. The molecule has 0 saturated carbocycles. The molecule has 1 aromatic rings. The van der Waals surface area contributed by atoms with Gasteiger partial charge in [0, 0.05) is 11.0 Å². The Kier molecular flexibility index (Phi) is 3.92. The van der Waals surface area contributed by atoms with Crippen molar-refractivity contribution in [1.82, 2.24) is 0 Å². The zero-order chi connectivity index (χ0) is 15.9. The molecule has 116 valence electrons. The van der Waals surface area contributed by atoms with Crippen molar-refractivity contribution in [3.8, 4) is 0 Å². The van der Waals surface area contributed by atoms with E-state index in [1.165, 1.54) is 6.07 Å². The number of halogens is 3. The third-order valence-electron chi connectivity index (χ3n) is 2.96. The van der Waals surface area contributed by atoms with Gasteiger partial charge in [-0.1, -0.05) is 18.2 Å². The predicted molar refractivity (Wildman–Crippen MR) is 71.6 cm³/mol. The minimum Gasteiger partial charge on any atom is -0.224 e. The van der Waals surface area contributed by atoms with Crippen molar-refractivity contribution in [1.29, 1.82) is 0 Å². The van der Waals surface area contributed by atoms with E-state index in [1.807, 2.05) is 0 Å². The smallest absolute Gasteiger partial charge is 0.224 e. The largest absolute Gasteiger partial charge is 0.417 e. The quantitative estimate of drug-likeness (QED) is 0.786. The van der Waals surface area contributed by atoms with Crippen LogP contribution in [0.3, 0.4) is 0 Å². The SMILES string of the molecule is O=S1(=O)C=C(c2ccccc2C(F)(F)F)S(=O)(=O)CCC1. The average molecular weight is 340 g/mol. The number of hydrogen-bond acceptors (Lipinski definition) is 4. The standard InChI is InChI=1S/C12H11F3O4S2/c13-12(14,15)10-5-2-1-4-9(10)11-8-20(16,17)6-3-7-21(11,18)19/h1-2,4-5,8H,3,6-7H2. The molecule has 0 amide bonds. The van der Waals surface area contributed by atoms with Gasteiger partial charge in [-0.05, 0) is 12.5 Å². The summed E-state index contributed by atoms with van der Waals surface area (Å²) in [5.41, 5.74) is -1.80. The van der Waals surface area contributed by atoms with E-state index in [1.54, 1.807) is 0 Å². The monoisotopic (exact) mass is 340 g/mol. The molecular weight excluding hydrogens is 329 g/mol. The van der Waals surface area contributed by atoms with Crippen molar-refractivity contribution in [2.45, 2.75) is 12.6 Å². The Morgan fingerprint density at radius 1 is 0.952 bits per heavy atom. The molecule has 0 aliphatic carbocycles. The van der Waals surface area contributed by atoms with E-state index in [4.69, 9.17) is 0 Å². The van der Waals surface area contributed by atoms with Crippen LogP contribution in [-0.2, 0) is 25.9 Å². The second-order valence-electron chi connectivity index (χ2n) is 4.56. The molecule has 0 saturated heterocycles. The fourth-order valence-corrected chi connectivity index (χ4v) is 5.62. The Balaban J connectivity index is 2.78. The maximum absolute atomic E-state index is 13.0. The zero-order valence-corrected chi connectivity index (χ0v) is 12.2. The van der Waals surface area contributed by atoms with Crippen molar-refractivity contribution in [2.75, 3.05) is 11.5 Å². The Bertz CT molecular complexity index is 790. The van der Waals surface area contributed by atoms with E-state index in [-0.39, 0.29) is 6.42 Å². The lowest BCUT2D eigenvalue weighted by molar-refractivity contribution is -0.137. The van der Waals surface area contributed by atoms with Gasteiger partial charge in [0.1, 0.15) is 0 Å². The second-order valence-corrected chi connectivity index (χ2v) is 8.61. The van der Waals surface area contributed by atoms with Crippen molar-refractivity contribution < 1.29 is 30.0 Å². The van der Waals surface area contributed by atoms with E-state index >= 15 is 0 Å². The summed E-state index contributed by atoms with van der Waals surface area (Å²) in [6.07, 6.45) is -4.91. The van der Waals surface area contributed by atoms with Gasteiger partial charge in [0.2, 0.25) is 0 Å². The van der Waals surface area contributed by atoms with Gasteiger partial charge >= 0.3 is 6.18 Å². The first kappa shape index (κ1) is 16.0. The molecule has 0 bridgehead atoms. The summed E-state index contributed by atoms with van der Waals surface area (Å²) in [7, 11) is -7.94. The molecule has 2 rings (SSSR count). The normalized spacial score (nSPS) is 21.4. The van der Waals surface area contributed by atoms with Crippen LogP contribution < -0.4 is 0 Å². The molecule has 0 aromatic heterocycles. The number of rotatable bonds is 1. The molecule has 0 spiro atoms. The Morgan fingerprint density at radius 2 is 1.57 bits per heavy atom. The molecule has 1 heterocycles. The average Bonchev–Trinajstić information content (AvgIpc) is 2.44. The number of sulfone groups is 2. The second kappa shape index (κ2) is 5.13. The lowest BCUT2D eigenvalue weighted by Crippen LogP contribution is -2.13. The van der Waals surface area contributed by atoms with Crippen LogP contribution >= 0.6 is 0 Å². The van der Waals surface area contributed by atoms with Gasteiger partial charge in [0.05, 0.1) is 22.0 Å². The topological polar surface area (TPSA) is 68.3 Å². The van der Waals surface area contributed by atoms with Gasteiger partial charge in [-0.3, -0.25) is 0 Å². The number of benzene rings is 1. The molecule has 1 aliphatic rings. The van der Waals surface area contributed by atoms with Gasteiger partial charge in [-0.25, -0.2) is 16.8 Å². The molecule has 0 radical (unpaired) electrons. The first-order valence-electron chi connectivity index (χ1n) is 5.87.